The predicted molar refractivity (Wildman–Crippen MR) is 74.1 cm³/mol. The van der Waals surface area contributed by atoms with E-state index in [9.17, 15) is 10.1 Å². The lowest BCUT2D eigenvalue weighted by molar-refractivity contribution is 0.0944. The van der Waals surface area contributed by atoms with Crippen LogP contribution in [0, 0.1) is 11.3 Å². The Kier molecular flexibility index (Phi) is 4.46. The SMILES string of the molecule is COc1ccc(C(C#N)NC(=O)c2ccoc2)c(OC)c1. The van der Waals surface area contributed by atoms with Gasteiger partial charge in [-0.25, -0.2) is 0 Å². The van der Waals surface area contributed by atoms with Gasteiger partial charge in [-0.05, 0) is 18.2 Å². The summed E-state index contributed by atoms with van der Waals surface area (Å²) in [6.45, 7) is 0. The minimum absolute atomic E-state index is 0.350. The van der Waals surface area contributed by atoms with Crippen molar-refractivity contribution >= 4 is 5.91 Å². The van der Waals surface area contributed by atoms with Gasteiger partial charge in [-0.2, -0.15) is 5.26 Å². The van der Waals surface area contributed by atoms with Crippen molar-refractivity contribution in [3.05, 3.63) is 47.9 Å². The Morgan fingerprint density at radius 2 is 2.14 bits per heavy atom. The molecule has 0 saturated carbocycles. The number of hydrogen-bond acceptors (Lipinski definition) is 5. The van der Waals surface area contributed by atoms with Gasteiger partial charge in [-0.3, -0.25) is 4.79 Å². The highest BCUT2D eigenvalue weighted by Crippen LogP contribution is 2.29. The monoisotopic (exact) mass is 286 g/mol. The van der Waals surface area contributed by atoms with Gasteiger partial charge >= 0.3 is 0 Å². The van der Waals surface area contributed by atoms with Crippen molar-refractivity contribution in [2.24, 2.45) is 0 Å². The van der Waals surface area contributed by atoms with Crippen LogP contribution < -0.4 is 14.8 Å². The Morgan fingerprint density at radius 1 is 1.33 bits per heavy atom. The summed E-state index contributed by atoms with van der Waals surface area (Å²) >= 11 is 0. The number of benzene rings is 1. The van der Waals surface area contributed by atoms with Crippen LogP contribution in [0.1, 0.15) is 22.0 Å². The normalized spacial score (nSPS) is 11.3. The van der Waals surface area contributed by atoms with Crippen molar-refractivity contribution in [1.29, 1.82) is 5.26 Å². The fourth-order valence-electron chi connectivity index (χ4n) is 1.84. The Morgan fingerprint density at radius 3 is 2.71 bits per heavy atom. The smallest absolute Gasteiger partial charge is 0.255 e. The van der Waals surface area contributed by atoms with E-state index in [2.05, 4.69) is 5.32 Å². The molecule has 0 spiro atoms. The third-order valence-electron chi connectivity index (χ3n) is 2.94. The van der Waals surface area contributed by atoms with E-state index < -0.39 is 11.9 Å². The summed E-state index contributed by atoms with van der Waals surface area (Å²) in [5.41, 5.74) is 0.903. The summed E-state index contributed by atoms with van der Waals surface area (Å²) in [5.74, 6) is 0.676. The maximum atomic E-state index is 12.0. The van der Waals surface area contributed by atoms with Gasteiger partial charge in [0.15, 0.2) is 0 Å². The van der Waals surface area contributed by atoms with Gasteiger partial charge in [0.2, 0.25) is 0 Å². The minimum atomic E-state index is -0.840. The molecule has 21 heavy (non-hydrogen) atoms. The Hall–Kier alpha value is -2.94. The minimum Gasteiger partial charge on any atom is -0.497 e. The summed E-state index contributed by atoms with van der Waals surface area (Å²) < 4.78 is 15.2. The van der Waals surface area contributed by atoms with Crippen LogP contribution in [0.15, 0.2) is 41.2 Å². The summed E-state index contributed by atoms with van der Waals surface area (Å²) in [7, 11) is 3.03. The topological polar surface area (TPSA) is 84.5 Å². The molecule has 6 heteroatoms. The van der Waals surface area contributed by atoms with E-state index in [4.69, 9.17) is 13.9 Å². The standard InChI is InChI=1S/C15H14N2O4/c1-19-11-3-4-12(14(7-11)20-2)13(8-16)17-15(18)10-5-6-21-9-10/h3-7,9,13H,1-2H3,(H,17,18). The summed E-state index contributed by atoms with van der Waals surface area (Å²) in [4.78, 5) is 12.0. The quantitative estimate of drug-likeness (QED) is 0.911. The maximum Gasteiger partial charge on any atom is 0.255 e. The zero-order valence-corrected chi connectivity index (χ0v) is 11.6. The average Bonchev–Trinajstić information content (AvgIpc) is 3.06. The van der Waals surface area contributed by atoms with E-state index in [1.807, 2.05) is 6.07 Å². The molecular weight excluding hydrogens is 272 g/mol. The Labute approximate surface area is 121 Å². The lowest BCUT2D eigenvalue weighted by Gasteiger charge is -2.15. The fraction of sp³-hybridized carbons (Fsp3) is 0.200. The number of carbonyl (C=O) groups excluding carboxylic acids is 1. The van der Waals surface area contributed by atoms with Crippen molar-refractivity contribution < 1.29 is 18.7 Å². The first-order valence-corrected chi connectivity index (χ1v) is 6.14. The van der Waals surface area contributed by atoms with Crippen molar-refractivity contribution in [1.82, 2.24) is 5.32 Å². The first kappa shape index (κ1) is 14.5. The van der Waals surface area contributed by atoms with Crippen molar-refractivity contribution in [3.8, 4) is 17.6 Å². The van der Waals surface area contributed by atoms with E-state index >= 15 is 0 Å². The fourth-order valence-corrected chi connectivity index (χ4v) is 1.84. The molecule has 0 radical (unpaired) electrons. The number of nitrogens with zero attached hydrogens (tertiary/aromatic N) is 1. The second-order valence-corrected chi connectivity index (χ2v) is 4.16. The number of nitriles is 1. The van der Waals surface area contributed by atoms with Crippen LogP contribution in [-0.2, 0) is 0 Å². The molecule has 0 fully saturated rings. The van der Waals surface area contributed by atoms with Gasteiger partial charge in [0.05, 0.1) is 32.1 Å². The van der Waals surface area contributed by atoms with E-state index in [0.717, 1.165) is 0 Å². The van der Waals surface area contributed by atoms with Gasteiger partial charge in [-0.15, -0.1) is 0 Å². The van der Waals surface area contributed by atoms with Gasteiger partial charge < -0.3 is 19.2 Å². The highest BCUT2D eigenvalue weighted by atomic mass is 16.5. The summed E-state index contributed by atoms with van der Waals surface area (Å²) in [6.07, 6.45) is 2.71. The van der Waals surface area contributed by atoms with E-state index in [1.165, 1.54) is 32.8 Å². The molecule has 1 N–H and O–H groups in total. The van der Waals surface area contributed by atoms with E-state index in [0.29, 0.717) is 22.6 Å². The molecule has 1 amide bonds. The van der Waals surface area contributed by atoms with Crippen LogP contribution in [0.3, 0.4) is 0 Å². The predicted octanol–water partition coefficient (Wildman–Crippen LogP) is 2.29. The lowest BCUT2D eigenvalue weighted by atomic mass is 10.1. The Balaban J connectivity index is 2.25. The number of ether oxygens (including phenoxy) is 2. The molecule has 6 nitrogen and oxygen atoms in total. The molecule has 2 rings (SSSR count). The third-order valence-corrected chi connectivity index (χ3v) is 2.94. The van der Waals surface area contributed by atoms with Crippen LogP contribution >= 0.6 is 0 Å². The number of amides is 1. The molecule has 2 aromatic rings. The van der Waals surface area contributed by atoms with Crippen LogP contribution in [0.5, 0.6) is 11.5 Å². The molecule has 0 aliphatic rings. The van der Waals surface area contributed by atoms with E-state index in [-0.39, 0.29) is 0 Å². The lowest BCUT2D eigenvalue weighted by Crippen LogP contribution is -2.27. The van der Waals surface area contributed by atoms with Gasteiger partial charge in [-0.1, -0.05) is 0 Å². The number of nitrogens with one attached hydrogen (secondary N) is 1. The Bertz CT molecular complexity index is 659. The van der Waals surface area contributed by atoms with Crippen molar-refractivity contribution in [2.75, 3.05) is 14.2 Å². The molecular formula is C15H14N2O4. The van der Waals surface area contributed by atoms with Gasteiger partial charge in [0, 0.05) is 11.6 Å². The average molecular weight is 286 g/mol. The zero-order chi connectivity index (χ0) is 15.2. The first-order chi connectivity index (χ1) is 10.2. The first-order valence-electron chi connectivity index (χ1n) is 6.14. The molecule has 0 aliphatic heterocycles. The van der Waals surface area contributed by atoms with E-state index in [1.54, 1.807) is 18.2 Å². The summed E-state index contributed by atoms with van der Waals surface area (Å²) in [6, 6.07) is 7.76. The molecule has 0 aliphatic carbocycles. The molecule has 1 unspecified atom stereocenters. The van der Waals surface area contributed by atoms with Crippen LogP contribution in [0.25, 0.3) is 0 Å². The third kappa shape index (κ3) is 3.15. The molecule has 1 atom stereocenters. The van der Waals surface area contributed by atoms with Gasteiger partial charge in [0.25, 0.3) is 5.91 Å². The highest BCUT2D eigenvalue weighted by molar-refractivity contribution is 5.94. The highest BCUT2D eigenvalue weighted by Gasteiger charge is 2.20. The molecule has 1 aromatic carbocycles. The van der Waals surface area contributed by atoms with Crippen LogP contribution in [-0.4, -0.2) is 20.1 Å². The second-order valence-electron chi connectivity index (χ2n) is 4.16. The van der Waals surface area contributed by atoms with Gasteiger partial charge in [0.1, 0.15) is 23.8 Å². The largest absolute Gasteiger partial charge is 0.497 e. The zero-order valence-electron chi connectivity index (χ0n) is 11.6. The molecule has 1 heterocycles. The molecule has 0 bridgehead atoms. The van der Waals surface area contributed by atoms with Crippen LogP contribution in [0.2, 0.25) is 0 Å². The molecule has 1 aromatic heterocycles. The number of carbonyl (C=O) groups is 1. The van der Waals surface area contributed by atoms with Crippen molar-refractivity contribution in [3.63, 3.8) is 0 Å². The number of methoxy groups -OCH3 is 2. The second kappa shape index (κ2) is 6.48. The summed E-state index contributed by atoms with van der Waals surface area (Å²) in [5, 5.41) is 11.9. The van der Waals surface area contributed by atoms with Crippen LogP contribution in [0.4, 0.5) is 0 Å². The van der Waals surface area contributed by atoms with Crippen molar-refractivity contribution in [2.45, 2.75) is 6.04 Å². The maximum absolute atomic E-state index is 12.0. The number of hydrogen-bond donors (Lipinski definition) is 1. The number of rotatable bonds is 5. The molecule has 108 valence electrons. The molecule has 0 saturated heterocycles. The number of furan rings is 1.